The molecule has 1 aromatic carbocycles. The lowest BCUT2D eigenvalue weighted by molar-refractivity contribution is -0.122. The van der Waals surface area contributed by atoms with E-state index in [9.17, 15) is 9.59 Å². The van der Waals surface area contributed by atoms with Gasteiger partial charge in [-0.3, -0.25) is 18.9 Å². The number of rotatable bonds is 7. The molecule has 0 N–H and O–H groups in total. The Morgan fingerprint density at radius 2 is 1.84 bits per heavy atom. The third kappa shape index (κ3) is 5.27. The summed E-state index contributed by atoms with van der Waals surface area (Å²) >= 11 is 6.79. The van der Waals surface area contributed by atoms with Crippen molar-refractivity contribution < 1.29 is 9.53 Å². The van der Waals surface area contributed by atoms with E-state index < -0.39 is 0 Å². The van der Waals surface area contributed by atoms with Crippen LogP contribution in [0.3, 0.4) is 0 Å². The van der Waals surface area contributed by atoms with E-state index in [1.807, 2.05) is 36.4 Å². The zero-order valence-corrected chi connectivity index (χ0v) is 22.6. The highest BCUT2D eigenvalue weighted by Gasteiger charge is 2.33. The Morgan fingerprint density at radius 3 is 2.54 bits per heavy atom. The Morgan fingerprint density at radius 1 is 1.08 bits per heavy atom. The highest BCUT2D eigenvalue weighted by Crippen LogP contribution is 2.34. The summed E-state index contributed by atoms with van der Waals surface area (Å²) in [5, 5.41) is 0. The van der Waals surface area contributed by atoms with E-state index in [0.717, 1.165) is 44.0 Å². The number of likely N-dealkylation sites (N-methyl/N-ethyl adjacent to an activating group) is 1. The molecular weight excluding hydrogens is 506 g/mol. The number of nitrogens with zero attached hydrogens (tertiary/aromatic N) is 5. The number of anilines is 1. The monoisotopic (exact) mass is 535 g/mol. The third-order valence-electron chi connectivity index (χ3n) is 6.80. The number of piperazine rings is 1. The molecule has 2 aliphatic rings. The SMILES string of the molecule is CCN1CCN(c2nc3ccccn3c(=O)c2/C=C2\SC(=S)N(CCc3ccc(OC)cc3)C2=O)CC1. The second-order valence-corrected chi connectivity index (χ2v) is 10.6. The van der Waals surface area contributed by atoms with Crippen molar-refractivity contribution >= 4 is 51.7 Å². The van der Waals surface area contributed by atoms with Crippen LogP contribution in [0.5, 0.6) is 5.75 Å². The number of aromatic nitrogens is 2. The zero-order valence-electron chi connectivity index (χ0n) is 20.9. The summed E-state index contributed by atoms with van der Waals surface area (Å²) in [6.07, 6.45) is 4.06. The maximum Gasteiger partial charge on any atom is 0.267 e. The van der Waals surface area contributed by atoms with Crippen LogP contribution in [0.25, 0.3) is 11.7 Å². The molecule has 3 aromatic rings. The number of hydrogen-bond donors (Lipinski definition) is 0. The van der Waals surface area contributed by atoms with E-state index in [2.05, 4.69) is 16.7 Å². The van der Waals surface area contributed by atoms with Crippen LogP contribution in [0.15, 0.2) is 58.4 Å². The van der Waals surface area contributed by atoms with Crippen LogP contribution in [0.2, 0.25) is 0 Å². The highest BCUT2D eigenvalue weighted by atomic mass is 32.2. The van der Waals surface area contributed by atoms with Gasteiger partial charge in [0.25, 0.3) is 11.5 Å². The van der Waals surface area contributed by atoms with Crippen molar-refractivity contribution in [2.45, 2.75) is 13.3 Å². The van der Waals surface area contributed by atoms with Gasteiger partial charge in [0.2, 0.25) is 0 Å². The second-order valence-electron chi connectivity index (χ2n) is 8.94. The summed E-state index contributed by atoms with van der Waals surface area (Å²) in [6, 6.07) is 13.3. The lowest BCUT2D eigenvalue weighted by Gasteiger charge is -2.35. The van der Waals surface area contributed by atoms with Gasteiger partial charge in [0.1, 0.15) is 21.5 Å². The van der Waals surface area contributed by atoms with E-state index >= 15 is 0 Å². The van der Waals surface area contributed by atoms with Crippen molar-refractivity contribution in [1.29, 1.82) is 0 Å². The Hall–Kier alpha value is -3.21. The first kappa shape index (κ1) is 25.4. The number of amides is 1. The number of hydrogen-bond acceptors (Lipinski definition) is 8. The van der Waals surface area contributed by atoms with E-state index in [1.165, 1.54) is 16.2 Å². The van der Waals surface area contributed by atoms with Crippen LogP contribution in [0, 0.1) is 0 Å². The Kier molecular flexibility index (Phi) is 7.59. The number of thiocarbonyl (C=S) groups is 1. The molecule has 5 rings (SSSR count). The van der Waals surface area contributed by atoms with Crippen molar-refractivity contribution in [3.05, 3.63) is 75.0 Å². The van der Waals surface area contributed by atoms with Gasteiger partial charge in [-0.1, -0.05) is 49.1 Å². The molecule has 1 amide bonds. The van der Waals surface area contributed by atoms with E-state index in [-0.39, 0.29) is 11.5 Å². The number of fused-ring (bicyclic) bond motifs is 1. The molecule has 8 nitrogen and oxygen atoms in total. The maximum absolute atomic E-state index is 13.6. The van der Waals surface area contributed by atoms with Gasteiger partial charge in [-0.2, -0.15) is 0 Å². The Balaban J connectivity index is 1.44. The molecule has 2 aliphatic heterocycles. The van der Waals surface area contributed by atoms with Crippen molar-refractivity contribution in [3.8, 4) is 5.75 Å². The maximum atomic E-state index is 13.6. The first-order chi connectivity index (χ1) is 18.0. The number of benzene rings is 1. The van der Waals surface area contributed by atoms with Crippen LogP contribution >= 0.6 is 24.0 Å². The minimum Gasteiger partial charge on any atom is -0.497 e. The number of carbonyl (C=O) groups excluding carboxylic acids is 1. The predicted molar refractivity (Wildman–Crippen MR) is 152 cm³/mol. The predicted octanol–water partition coefficient (Wildman–Crippen LogP) is 3.29. The van der Waals surface area contributed by atoms with Crippen molar-refractivity contribution in [2.75, 3.05) is 51.3 Å². The number of methoxy groups -OCH3 is 1. The fraction of sp³-hybridized carbons (Fsp3) is 0.333. The quantitative estimate of drug-likeness (QED) is 0.337. The van der Waals surface area contributed by atoms with Gasteiger partial charge in [0.05, 0.1) is 17.6 Å². The van der Waals surface area contributed by atoms with E-state index in [0.29, 0.717) is 39.2 Å². The lowest BCUT2D eigenvalue weighted by Crippen LogP contribution is -2.47. The molecular formula is C27H29N5O3S2. The lowest BCUT2D eigenvalue weighted by atomic mass is 10.1. The number of ether oxygens (including phenoxy) is 1. The largest absolute Gasteiger partial charge is 0.497 e. The van der Waals surface area contributed by atoms with Crippen molar-refractivity contribution in [1.82, 2.24) is 19.2 Å². The topological polar surface area (TPSA) is 70.4 Å². The molecule has 0 unspecified atom stereocenters. The van der Waals surface area contributed by atoms with Gasteiger partial charge in [-0.15, -0.1) is 0 Å². The van der Waals surface area contributed by atoms with Crippen LogP contribution in [-0.2, 0) is 11.2 Å². The summed E-state index contributed by atoms with van der Waals surface area (Å²) in [5.41, 5.74) is 1.90. The minimum atomic E-state index is -0.193. The van der Waals surface area contributed by atoms with Crippen molar-refractivity contribution in [3.63, 3.8) is 0 Å². The molecule has 0 saturated carbocycles. The second kappa shape index (κ2) is 11.0. The average molecular weight is 536 g/mol. The third-order valence-corrected chi connectivity index (χ3v) is 8.18. The van der Waals surface area contributed by atoms with Crippen LogP contribution in [0.1, 0.15) is 18.1 Å². The molecule has 10 heteroatoms. The smallest absolute Gasteiger partial charge is 0.267 e. The molecule has 0 spiro atoms. The first-order valence-corrected chi connectivity index (χ1v) is 13.6. The fourth-order valence-corrected chi connectivity index (χ4v) is 5.88. The highest BCUT2D eigenvalue weighted by molar-refractivity contribution is 8.26. The molecule has 192 valence electrons. The minimum absolute atomic E-state index is 0.178. The van der Waals surface area contributed by atoms with Gasteiger partial charge in [-0.05, 0) is 48.9 Å². The number of pyridine rings is 1. The zero-order chi connectivity index (χ0) is 25.9. The van der Waals surface area contributed by atoms with Crippen LogP contribution in [-0.4, -0.2) is 75.8 Å². The van der Waals surface area contributed by atoms with Gasteiger partial charge in [0.15, 0.2) is 0 Å². The Labute approximate surface area is 225 Å². The normalized spacial score (nSPS) is 17.8. The number of thioether (sulfide) groups is 1. The summed E-state index contributed by atoms with van der Waals surface area (Å²) < 4.78 is 7.25. The van der Waals surface area contributed by atoms with E-state index in [1.54, 1.807) is 30.3 Å². The number of carbonyl (C=O) groups is 1. The fourth-order valence-electron chi connectivity index (χ4n) is 4.59. The molecule has 0 bridgehead atoms. The molecule has 0 radical (unpaired) electrons. The standard InChI is InChI=1S/C27H29N5O3S2/c1-3-29-14-16-30(17-15-29)24-21(25(33)31-12-5-4-6-23(31)28-24)18-22-26(34)32(27(36)37-22)13-11-19-7-9-20(35-2)10-8-19/h4-10,12,18H,3,11,13-17H2,1-2H3/b22-18-. The molecule has 2 saturated heterocycles. The Bertz CT molecular complexity index is 1410. The van der Waals surface area contributed by atoms with Gasteiger partial charge in [-0.25, -0.2) is 4.98 Å². The molecule has 4 heterocycles. The summed E-state index contributed by atoms with van der Waals surface area (Å²) in [4.78, 5) is 38.4. The first-order valence-electron chi connectivity index (χ1n) is 12.4. The van der Waals surface area contributed by atoms with Gasteiger partial charge >= 0.3 is 0 Å². The van der Waals surface area contributed by atoms with Crippen LogP contribution < -0.4 is 15.2 Å². The summed E-state index contributed by atoms with van der Waals surface area (Å²) in [6.45, 7) is 6.96. The molecule has 0 aliphatic carbocycles. The molecule has 2 fully saturated rings. The van der Waals surface area contributed by atoms with Crippen molar-refractivity contribution in [2.24, 2.45) is 0 Å². The van der Waals surface area contributed by atoms with Gasteiger partial charge < -0.3 is 14.5 Å². The van der Waals surface area contributed by atoms with Crippen LogP contribution in [0.4, 0.5) is 5.82 Å². The molecule has 2 aromatic heterocycles. The summed E-state index contributed by atoms with van der Waals surface area (Å²) in [5.74, 6) is 1.23. The molecule has 0 atom stereocenters. The average Bonchev–Trinajstić information content (AvgIpc) is 3.20. The summed E-state index contributed by atoms with van der Waals surface area (Å²) in [7, 11) is 1.63. The van der Waals surface area contributed by atoms with E-state index in [4.69, 9.17) is 21.9 Å². The molecule has 37 heavy (non-hydrogen) atoms. The van der Waals surface area contributed by atoms with Gasteiger partial charge in [0, 0.05) is 38.9 Å².